The first-order valence-electron chi connectivity index (χ1n) is 7.29. The molecule has 20 heavy (non-hydrogen) atoms. The van der Waals surface area contributed by atoms with Gasteiger partial charge in [-0.3, -0.25) is 0 Å². The van der Waals surface area contributed by atoms with Crippen molar-refractivity contribution >= 4 is 11.4 Å². The number of hydrogen-bond donors (Lipinski definition) is 0. The van der Waals surface area contributed by atoms with Gasteiger partial charge in [0.15, 0.2) is 5.72 Å². The molecule has 0 spiro atoms. The first kappa shape index (κ1) is 12.0. The molecule has 2 aliphatic heterocycles. The number of epoxide rings is 1. The lowest BCUT2D eigenvalue weighted by molar-refractivity contribution is 0.328. The van der Waals surface area contributed by atoms with E-state index in [1.807, 2.05) is 0 Å². The number of aryl methyl sites for hydroxylation is 3. The first-order valence-corrected chi connectivity index (χ1v) is 7.29. The fraction of sp³-hybridized carbons (Fsp3) is 0.333. The number of nitrogens with zero attached hydrogens (tertiary/aromatic N) is 1. The number of ether oxygens (including phenoxy) is 1. The van der Waals surface area contributed by atoms with Crippen LogP contribution in [0.4, 0.5) is 11.4 Å². The van der Waals surface area contributed by atoms with E-state index in [0.717, 1.165) is 19.4 Å². The molecule has 0 bridgehead atoms. The van der Waals surface area contributed by atoms with Crippen LogP contribution in [0.15, 0.2) is 42.5 Å². The van der Waals surface area contributed by atoms with Crippen LogP contribution in [0.2, 0.25) is 0 Å². The lowest BCUT2D eigenvalue weighted by atomic mass is 10.0. The minimum absolute atomic E-state index is 0.178. The zero-order valence-electron chi connectivity index (χ0n) is 12.0. The number of fused-ring (bicyclic) bond motifs is 2. The molecule has 1 unspecified atom stereocenters. The summed E-state index contributed by atoms with van der Waals surface area (Å²) in [5, 5.41) is 0. The van der Waals surface area contributed by atoms with E-state index < -0.39 is 0 Å². The van der Waals surface area contributed by atoms with Crippen molar-refractivity contribution in [3.8, 4) is 0 Å². The molecular formula is C18H19NO. The van der Waals surface area contributed by atoms with E-state index >= 15 is 0 Å². The second-order valence-corrected chi connectivity index (χ2v) is 6.06. The Bertz CT molecular complexity index is 673. The predicted molar refractivity (Wildman–Crippen MR) is 81.5 cm³/mol. The highest BCUT2D eigenvalue weighted by Crippen LogP contribution is 2.46. The molecule has 2 aromatic rings. The molecule has 0 saturated carbocycles. The Morgan fingerprint density at radius 1 is 1.00 bits per heavy atom. The Morgan fingerprint density at radius 2 is 1.70 bits per heavy atom. The second kappa shape index (κ2) is 4.10. The van der Waals surface area contributed by atoms with E-state index in [1.54, 1.807) is 0 Å². The molecule has 2 nitrogen and oxygen atoms in total. The summed E-state index contributed by atoms with van der Waals surface area (Å²) in [6.45, 7) is 5.14. The molecule has 2 heteroatoms. The SMILES string of the molecule is Cc1ccc2c(c1)N(C1(C)CO1)c1ccccc1CC2. The molecule has 2 heterocycles. The monoisotopic (exact) mass is 265 g/mol. The molecule has 2 aliphatic rings. The largest absolute Gasteiger partial charge is 0.348 e. The van der Waals surface area contributed by atoms with Gasteiger partial charge in [0.2, 0.25) is 0 Å². The summed E-state index contributed by atoms with van der Waals surface area (Å²) in [7, 11) is 0. The topological polar surface area (TPSA) is 15.8 Å². The zero-order valence-corrected chi connectivity index (χ0v) is 12.0. The summed E-state index contributed by atoms with van der Waals surface area (Å²) in [5.41, 5.74) is 6.58. The van der Waals surface area contributed by atoms with Crippen molar-refractivity contribution < 1.29 is 4.74 Å². The Balaban J connectivity index is 1.97. The average molecular weight is 265 g/mol. The van der Waals surface area contributed by atoms with Gasteiger partial charge >= 0.3 is 0 Å². The molecule has 0 amide bonds. The first-order chi connectivity index (χ1) is 9.67. The molecule has 0 aliphatic carbocycles. The summed E-state index contributed by atoms with van der Waals surface area (Å²) in [6, 6.07) is 15.5. The summed E-state index contributed by atoms with van der Waals surface area (Å²) in [4.78, 5) is 2.40. The maximum absolute atomic E-state index is 5.77. The quantitative estimate of drug-likeness (QED) is 0.725. The van der Waals surface area contributed by atoms with Gasteiger partial charge in [0.05, 0.1) is 6.61 Å². The smallest absolute Gasteiger partial charge is 0.166 e. The van der Waals surface area contributed by atoms with Crippen LogP contribution in [0.3, 0.4) is 0 Å². The molecule has 102 valence electrons. The molecule has 4 rings (SSSR count). The summed E-state index contributed by atoms with van der Waals surface area (Å²) >= 11 is 0. The highest BCUT2D eigenvalue weighted by atomic mass is 16.6. The lowest BCUT2D eigenvalue weighted by Gasteiger charge is -2.31. The normalized spacial score (nSPS) is 23.8. The lowest BCUT2D eigenvalue weighted by Crippen LogP contribution is -2.32. The van der Waals surface area contributed by atoms with Gasteiger partial charge in [0.25, 0.3) is 0 Å². The predicted octanol–water partition coefficient (Wildman–Crippen LogP) is 3.98. The molecule has 1 atom stereocenters. The minimum atomic E-state index is -0.178. The van der Waals surface area contributed by atoms with Crippen LogP contribution in [0.25, 0.3) is 0 Å². The van der Waals surface area contributed by atoms with Crippen LogP contribution in [0, 0.1) is 6.92 Å². The van der Waals surface area contributed by atoms with Crippen LogP contribution < -0.4 is 4.90 Å². The van der Waals surface area contributed by atoms with E-state index in [1.165, 1.54) is 28.1 Å². The zero-order chi connectivity index (χ0) is 13.7. The summed E-state index contributed by atoms with van der Waals surface area (Å²) in [5.74, 6) is 0. The molecule has 0 radical (unpaired) electrons. The van der Waals surface area contributed by atoms with Crippen molar-refractivity contribution in [3.05, 3.63) is 59.2 Å². The van der Waals surface area contributed by atoms with Crippen LogP contribution in [0.1, 0.15) is 23.6 Å². The maximum Gasteiger partial charge on any atom is 0.166 e. The fourth-order valence-corrected chi connectivity index (χ4v) is 3.18. The van der Waals surface area contributed by atoms with Gasteiger partial charge in [-0.05, 0) is 55.5 Å². The molecule has 0 N–H and O–H groups in total. The average Bonchev–Trinajstić information content (AvgIpc) is 3.20. The Morgan fingerprint density at radius 3 is 2.45 bits per heavy atom. The number of hydrogen-bond acceptors (Lipinski definition) is 2. The van der Waals surface area contributed by atoms with Crippen LogP contribution >= 0.6 is 0 Å². The van der Waals surface area contributed by atoms with Gasteiger partial charge in [0, 0.05) is 11.4 Å². The van der Waals surface area contributed by atoms with Crippen molar-refractivity contribution in [2.45, 2.75) is 32.4 Å². The van der Waals surface area contributed by atoms with E-state index in [9.17, 15) is 0 Å². The Hall–Kier alpha value is -1.80. The third kappa shape index (κ3) is 1.75. The van der Waals surface area contributed by atoms with Crippen molar-refractivity contribution in [1.29, 1.82) is 0 Å². The van der Waals surface area contributed by atoms with E-state index in [4.69, 9.17) is 4.74 Å². The molecule has 1 saturated heterocycles. The highest BCUT2D eigenvalue weighted by Gasteiger charge is 2.48. The third-order valence-corrected chi connectivity index (χ3v) is 4.41. The number of para-hydroxylation sites is 1. The number of rotatable bonds is 1. The van der Waals surface area contributed by atoms with Crippen LogP contribution in [0.5, 0.6) is 0 Å². The third-order valence-electron chi connectivity index (χ3n) is 4.41. The van der Waals surface area contributed by atoms with Crippen molar-refractivity contribution in [2.75, 3.05) is 11.5 Å². The molecular weight excluding hydrogens is 246 g/mol. The maximum atomic E-state index is 5.77. The summed E-state index contributed by atoms with van der Waals surface area (Å²) < 4.78 is 5.77. The highest BCUT2D eigenvalue weighted by molar-refractivity contribution is 5.73. The Kier molecular flexibility index (Phi) is 2.45. The molecule has 1 fully saturated rings. The fourth-order valence-electron chi connectivity index (χ4n) is 3.18. The Labute approximate surface area is 120 Å². The van der Waals surface area contributed by atoms with E-state index in [0.29, 0.717) is 0 Å². The van der Waals surface area contributed by atoms with Gasteiger partial charge in [-0.15, -0.1) is 0 Å². The van der Waals surface area contributed by atoms with Crippen LogP contribution in [-0.2, 0) is 17.6 Å². The molecule has 0 aromatic heterocycles. The van der Waals surface area contributed by atoms with Gasteiger partial charge in [-0.2, -0.15) is 0 Å². The number of benzene rings is 2. The van der Waals surface area contributed by atoms with Gasteiger partial charge < -0.3 is 9.64 Å². The number of anilines is 2. The van der Waals surface area contributed by atoms with E-state index in [-0.39, 0.29) is 5.72 Å². The van der Waals surface area contributed by atoms with Gasteiger partial charge in [-0.1, -0.05) is 30.3 Å². The van der Waals surface area contributed by atoms with Gasteiger partial charge in [0.1, 0.15) is 0 Å². The molecule has 2 aromatic carbocycles. The summed E-state index contributed by atoms with van der Waals surface area (Å²) in [6.07, 6.45) is 2.19. The van der Waals surface area contributed by atoms with Crippen LogP contribution in [-0.4, -0.2) is 12.3 Å². The van der Waals surface area contributed by atoms with Crippen molar-refractivity contribution in [2.24, 2.45) is 0 Å². The van der Waals surface area contributed by atoms with E-state index in [2.05, 4.69) is 61.2 Å². The van der Waals surface area contributed by atoms with Crippen molar-refractivity contribution in [1.82, 2.24) is 0 Å². The minimum Gasteiger partial charge on any atom is -0.348 e. The second-order valence-electron chi connectivity index (χ2n) is 6.06. The van der Waals surface area contributed by atoms with Gasteiger partial charge in [-0.25, -0.2) is 0 Å². The standard InChI is InChI=1S/C18H19NO/c1-13-7-8-15-10-9-14-5-3-4-6-16(14)19(17(15)11-13)18(2)12-20-18/h3-8,11H,9-10,12H2,1-2H3. The van der Waals surface area contributed by atoms with Crippen molar-refractivity contribution in [3.63, 3.8) is 0 Å².